The zero-order chi connectivity index (χ0) is 33.7. The molecule has 1 aromatic heterocycles. The number of nitrogens with one attached hydrogen (secondary N) is 3. The summed E-state index contributed by atoms with van der Waals surface area (Å²) in [6.45, 7) is 5.99. The summed E-state index contributed by atoms with van der Waals surface area (Å²) in [5, 5.41) is 12.8. The maximum atomic E-state index is 15.7. The number of carbonyl (C=O) groups is 4. The van der Waals surface area contributed by atoms with E-state index in [1.807, 2.05) is 13.8 Å². The van der Waals surface area contributed by atoms with Crippen molar-refractivity contribution in [3.8, 4) is 0 Å². The molecule has 3 amide bonds. The Hall–Kier alpha value is -3.60. The molecule has 3 N–H and O–H groups in total. The third kappa shape index (κ3) is 7.93. The number of hydrogen-bond acceptors (Lipinski definition) is 6. The molecule has 2 bridgehead atoms. The molecule has 5 atom stereocenters. The fourth-order valence-electron chi connectivity index (χ4n) is 7.97. The molecular formula is C36H51FN6O4. The first kappa shape index (κ1) is 34.7. The van der Waals surface area contributed by atoms with Crippen molar-refractivity contribution in [1.82, 2.24) is 25.3 Å². The van der Waals surface area contributed by atoms with Crippen molar-refractivity contribution in [2.75, 3.05) is 12.4 Å². The van der Waals surface area contributed by atoms with Gasteiger partial charge in [-0.15, -0.1) is 0 Å². The third-order valence-electron chi connectivity index (χ3n) is 10.9. The van der Waals surface area contributed by atoms with Crippen LogP contribution in [0.25, 0.3) is 0 Å². The minimum absolute atomic E-state index is 0.00443. The van der Waals surface area contributed by atoms with E-state index in [1.165, 1.54) is 12.1 Å². The summed E-state index contributed by atoms with van der Waals surface area (Å²) >= 11 is 0. The normalized spacial score (nSPS) is 23.7. The van der Waals surface area contributed by atoms with E-state index in [0.717, 1.165) is 64.2 Å². The molecule has 2 saturated heterocycles. The van der Waals surface area contributed by atoms with E-state index in [2.05, 4.69) is 33.0 Å². The molecule has 1 aliphatic carbocycles. The van der Waals surface area contributed by atoms with Gasteiger partial charge in [0.15, 0.2) is 5.78 Å². The van der Waals surface area contributed by atoms with Crippen LogP contribution < -0.4 is 16.0 Å². The molecule has 1 saturated carbocycles. The highest BCUT2D eigenvalue weighted by molar-refractivity contribution is 6.00. The minimum atomic E-state index is -0.838. The van der Waals surface area contributed by atoms with Crippen LogP contribution >= 0.6 is 0 Å². The highest BCUT2D eigenvalue weighted by Crippen LogP contribution is 2.39. The van der Waals surface area contributed by atoms with Gasteiger partial charge in [0.05, 0.1) is 11.7 Å². The molecule has 11 heteroatoms. The lowest BCUT2D eigenvalue weighted by molar-refractivity contribution is -0.132. The predicted molar refractivity (Wildman–Crippen MR) is 178 cm³/mol. The quantitative estimate of drug-likeness (QED) is 0.272. The fourth-order valence-corrected chi connectivity index (χ4v) is 7.97. The van der Waals surface area contributed by atoms with Crippen molar-refractivity contribution in [2.24, 2.45) is 11.8 Å². The van der Waals surface area contributed by atoms with Crippen molar-refractivity contribution in [3.63, 3.8) is 0 Å². The number of aromatic nitrogens is 2. The van der Waals surface area contributed by atoms with Crippen molar-refractivity contribution in [3.05, 3.63) is 47.5 Å². The molecule has 0 spiro atoms. The van der Waals surface area contributed by atoms with Gasteiger partial charge in [0.2, 0.25) is 11.8 Å². The van der Waals surface area contributed by atoms with E-state index in [0.29, 0.717) is 29.9 Å². The SMILES string of the molecule is CCC(=O)N[C@@H](C(=O)C1CC2CCC(C1)N2C)[C@@H](C)c1ccc(NC(=O)[C@@H](NC(=O)c2ccnn2CC)C2CCCCCC2)c(F)c1. The highest BCUT2D eigenvalue weighted by Gasteiger charge is 2.43. The second-order valence-electron chi connectivity index (χ2n) is 13.8. The number of carbonyl (C=O) groups excluding carboxylic acids is 4. The van der Waals surface area contributed by atoms with E-state index in [9.17, 15) is 19.2 Å². The van der Waals surface area contributed by atoms with Crippen LogP contribution in [0.3, 0.4) is 0 Å². The van der Waals surface area contributed by atoms with E-state index < -0.39 is 29.7 Å². The van der Waals surface area contributed by atoms with Crippen molar-refractivity contribution < 1.29 is 23.6 Å². The van der Waals surface area contributed by atoms with Gasteiger partial charge in [0.1, 0.15) is 17.6 Å². The smallest absolute Gasteiger partial charge is 0.270 e. The molecular weight excluding hydrogens is 599 g/mol. The maximum absolute atomic E-state index is 15.7. The monoisotopic (exact) mass is 650 g/mol. The van der Waals surface area contributed by atoms with Crippen LogP contribution in [-0.2, 0) is 20.9 Å². The van der Waals surface area contributed by atoms with Gasteiger partial charge in [-0.05, 0) is 82.2 Å². The van der Waals surface area contributed by atoms with Gasteiger partial charge in [-0.1, -0.05) is 45.6 Å². The standard InChI is InChI=1S/C36H51FN6O4/c1-5-31(44)40-32(34(45)25-19-26-14-15-27(20-25)42(26)4)22(3)24-13-16-29(28(37)21-24)39-36(47)33(23-11-9-7-8-10-12-23)41-35(46)30-17-18-38-43(30)6-2/h13,16-18,21-23,25-27,32-33H,5-12,14-15,19-20H2,1-4H3,(H,39,47)(H,40,44)(H,41,46)/t22-,25?,26?,27?,32+,33-/m0/s1. The molecule has 1 aromatic carbocycles. The lowest BCUT2D eigenvalue weighted by atomic mass is 9.80. The topological polar surface area (TPSA) is 125 Å². The van der Waals surface area contributed by atoms with E-state index >= 15 is 4.39 Å². The number of piperidine rings is 1. The Morgan fingerprint density at radius 2 is 1.64 bits per heavy atom. The first-order valence-electron chi connectivity index (χ1n) is 17.6. The Kier molecular flexibility index (Phi) is 11.5. The average molecular weight is 651 g/mol. The molecule has 3 aliphatic rings. The largest absolute Gasteiger partial charge is 0.346 e. The molecule has 3 fully saturated rings. The maximum Gasteiger partial charge on any atom is 0.270 e. The number of nitrogens with zero attached hydrogens (tertiary/aromatic N) is 3. The Morgan fingerprint density at radius 3 is 2.26 bits per heavy atom. The number of halogens is 1. The number of hydrogen-bond donors (Lipinski definition) is 3. The van der Waals surface area contributed by atoms with Crippen LogP contribution in [0.1, 0.15) is 113 Å². The Morgan fingerprint density at radius 1 is 0.957 bits per heavy atom. The van der Waals surface area contributed by atoms with Crippen LogP contribution in [0.4, 0.5) is 10.1 Å². The molecule has 10 nitrogen and oxygen atoms in total. The van der Waals surface area contributed by atoms with E-state index in [1.54, 1.807) is 29.9 Å². The summed E-state index contributed by atoms with van der Waals surface area (Å²) < 4.78 is 17.3. The number of ketones is 1. The van der Waals surface area contributed by atoms with Crippen LogP contribution in [0, 0.1) is 17.7 Å². The van der Waals surface area contributed by atoms with E-state index in [4.69, 9.17) is 0 Å². The molecule has 2 unspecified atom stereocenters. The van der Waals surface area contributed by atoms with Crippen molar-refractivity contribution >= 4 is 29.2 Å². The van der Waals surface area contributed by atoms with Crippen LogP contribution in [0.5, 0.6) is 0 Å². The summed E-state index contributed by atoms with van der Waals surface area (Å²) in [5.41, 5.74) is 0.938. The summed E-state index contributed by atoms with van der Waals surface area (Å²) in [4.78, 5) is 55.9. The van der Waals surface area contributed by atoms with Crippen molar-refractivity contribution in [2.45, 2.75) is 128 Å². The van der Waals surface area contributed by atoms with Gasteiger partial charge in [-0.2, -0.15) is 5.10 Å². The van der Waals surface area contributed by atoms with E-state index in [-0.39, 0.29) is 41.5 Å². The van der Waals surface area contributed by atoms with Gasteiger partial charge >= 0.3 is 0 Å². The minimum Gasteiger partial charge on any atom is -0.346 e. The summed E-state index contributed by atoms with van der Waals surface area (Å²) in [6, 6.07) is 5.32. The summed E-state index contributed by atoms with van der Waals surface area (Å²) in [5.74, 6) is -2.40. The van der Waals surface area contributed by atoms with Crippen molar-refractivity contribution in [1.29, 1.82) is 0 Å². The Labute approximate surface area is 277 Å². The molecule has 2 aromatic rings. The first-order chi connectivity index (χ1) is 22.6. The van der Waals surface area contributed by atoms with Gasteiger partial charge in [-0.25, -0.2) is 4.39 Å². The van der Waals surface area contributed by atoms with Gasteiger partial charge in [0.25, 0.3) is 5.91 Å². The summed E-state index contributed by atoms with van der Waals surface area (Å²) in [6.07, 6.45) is 11.2. The zero-order valence-corrected chi connectivity index (χ0v) is 28.3. The third-order valence-corrected chi connectivity index (χ3v) is 10.9. The lowest BCUT2D eigenvalue weighted by Crippen LogP contribution is -2.50. The van der Waals surface area contributed by atoms with Crippen LogP contribution in [-0.4, -0.2) is 69.4 Å². The van der Waals surface area contributed by atoms with Gasteiger partial charge in [0, 0.05) is 43.1 Å². The number of benzene rings is 1. The molecule has 47 heavy (non-hydrogen) atoms. The number of anilines is 1. The number of Topliss-reactive ketones (excluding diaryl/α,β-unsaturated/α-hetero) is 1. The summed E-state index contributed by atoms with van der Waals surface area (Å²) in [7, 11) is 2.12. The number of amides is 3. The van der Waals surface area contributed by atoms with Gasteiger partial charge in [-0.3, -0.25) is 23.9 Å². The van der Waals surface area contributed by atoms with Crippen LogP contribution in [0.2, 0.25) is 0 Å². The second-order valence-corrected chi connectivity index (χ2v) is 13.8. The molecule has 2 aliphatic heterocycles. The predicted octanol–water partition coefficient (Wildman–Crippen LogP) is 5.19. The number of fused-ring (bicyclic) bond motifs is 2. The zero-order valence-electron chi connectivity index (χ0n) is 28.3. The average Bonchev–Trinajstić information content (AvgIpc) is 3.47. The van der Waals surface area contributed by atoms with Gasteiger partial charge < -0.3 is 20.9 Å². The fraction of sp³-hybridized carbons (Fsp3) is 0.639. The Bertz CT molecular complexity index is 1420. The number of rotatable bonds is 12. The highest BCUT2D eigenvalue weighted by atomic mass is 19.1. The van der Waals surface area contributed by atoms with Crippen LogP contribution in [0.15, 0.2) is 30.5 Å². The molecule has 3 heterocycles. The first-order valence-corrected chi connectivity index (χ1v) is 17.6. The molecule has 0 radical (unpaired) electrons. The molecule has 5 rings (SSSR count). The second kappa shape index (κ2) is 15.5. The lowest BCUT2D eigenvalue weighted by Gasteiger charge is -2.37. The number of aryl methyl sites for hydroxylation is 1. The molecule has 256 valence electrons. The Balaban J connectivity index is 1.33.